The zero-order valence-electron chi connectivity index (χ0n) is 15.2. The van der Waals surface area contributed by atoms with Gasteiger partial charge in [-0.1, -0.05) is 92.9 Å². The lowest BCUT2D eigenvalue weighted by atomic mass is 9.77. The monoisotopic (exact) mass is 394 g/mol. The minimum Gasteiger partial charge on any atom is -0.497 e. The van der Waals surface area contributed by atoms with E-state index in [0.717, 1.165) is 41.3 Å². The van der Waals surface area contributed by atoms with E-state index in [-0.39, 0.29) is 0 Å². The summed E-state index contributed by atoms with van der Waals surface area (Å²) in [6.07, 6.45) is 11.9. The molecule has 0 spiro atoms. The smallest absolute Gasteiger partial charge is 0.135 e. The summed E-state index contributed by atoms with van der Waals surface area (Å²) in [4.78, 5) is 11.9. The van der Waals surface area contributed by atoms with Crippen molar-refractivity contribution in [3.8, 4) is 5.75 Å². The average molecular weight is 395 g/mol. The number of allylic oxidation sites excluding steroid dienone is 1. The van der Waals surface area contributed by atoms with Crippen LogP contribution in [-0.4, -0.2) is 13.4 Å². The Morgan fingerprint density at radius 2 is 1.62 bits per heavy atom. The minimum atomic E-state index is -0.644. The number of hydrogen-bond donors (Lipinski definition) is 0. The van der Waals surface area contributed by atoms with Crippen molar-refractivity contribution in [1.82, 2.24) is 0 Å². The Kier molecular flexibility index (Phi) is 10.0. The van der Waals surface area contributed by atoms with Crippen LogP contribution >= 0.6 is 15.9 Å². The maximum absolute atomic E-state index is 11.9. The van der Waals surface area contributed by atoms with E-state index in [4.69, 9.17) is 4.74 Å². The maximum Gasteiger partial charge on any atom is 0.135 e. The fourth-order valence-electron chi connectivity index (χ4n) is 3.05. The number of halogens is 1. The highest BCUT2D eigenvalue weighted by Crippen LogP contribution is 2.38. The molecule has 0 aliphatic rings. The van der Waals surface area contributed by atoms with E-state index in [2.05, 4.69) is 29.4 Å². The average Bonchev–Trinajstić information content (AvgIpc) is 2.61. The van der Waals surface area contributed by atoms with E-state index in [1.54, 1.807) is 7.11 Å². The van der Waals surface area contributed by atoms with Crippen LogP contribution in [0.5, 0.6) is 5.75 Å². The normalized spacial score (nSPS) is 13.3. The summed E-state index contributed by atoms with van der Waals surface area (Å²) >= 11 is 3.48. The maximum atomic E-state index is 11.9. The molecule has 0 heterocycles. The fourth-order valence-corrected chi connectivity index (χ4v) is 3.57. The standard InChI is InChI=1S/C21H31BrO2/c1-4-5-6-7-8-9-10-11-16-21(17-23,18(2)22)19-12-14-20(24-3)15-13-19/h12-15,17H,2,4-11,16H2,1,3H3. The van der Waals surface area contributed by atoms with Gasteiger partial charge in [0.2, 0.25) is 0 Å². The molecule has 0 saturated heterocycles. The molecule has 0 N–H and O–H groups in total. The van der Waals surface area contributed by atoms with Gasteiger partial charge in [-0.15, -0.1) is 0 Å². The topological polar surface area (TPSA) is 26.3 Å². The Morgan fingerprint density at radius 3 is 2.08 bits per heavy atom. The van der Waals surface area contributed by atoms with Crippen molar-refractivity contribution < 1.29 is 9.53 Å². The minimum absolute atomic E-state index is 0.644. The first kappa shape index (κ1) is 21.0. The van der Waals surface area contributed by atoms with Crippen molar-refractivity contribution in [2.24, 2.45) is 0 Å². The third-order valence-electron chi connectivity index (χ3n) is 4.72. The zero-order chi connectivity index (χ0) is 17.8. The molecule has 1 rings (SSSR count). The summed E-state index contributed by atoms with van der Waals surface area (Å²) in [5.41, 5.74) is 0.331. The second-order valence-corrected chi connectivity index (χ2v) is 7.40. The van der Waals surface area contributed by atoms with Crippen LogP contribution in [0.25, 0.3) is 0 Å². The molecule has 134 valence electrons. The highest BCUT2D eigenvalue weighted by molar-refractivity contribution is 9.11. The third-order valence-corrected chi connectivity index (χ3v) is 5.42. The van der Waals surface area contributed by atoms with Gasteiger partial charge >= 0.3 is 0 Å². The highest BCUT2D eigenvalue weighted by Gasteiger charge is 2.33. The van der Waals surface area contributed by atoms with Crippen LogP contribution in [0.3, 0.4) is 0 Å². The number of methoxy groups -OCH3 is 1. The summed E-state index contributed by atoms with van der Waals surface area (Å²) in [7, 11) is 1.64. The van der Waals surface area contributed by atoms with E-state index in [0.29, 0.717) is 0 Å². The fraction of sp³-hybridized carbons (Fsp3) is 0.571. The Balaban J connectivity index is 2.58. The predicted molar refractivity (Wildman–Crippen MR) is 106 cm³/mol. The van der Waals surface area contributed by atoms with Crippen molar-refractivity contribution in [2.75, 3.05) is 7.11 Å². The molecule has 1 atom stereocenters. The molecule has 0 radical (unpaired) electrons. The third kappa shape index (κ3) is 6.08. The Morgan fingerprint density at radius 1 is 1.08 bits per heavy atom. The van der Waals surface area contributed by atoms with Gasteiger partial charge in [0.15, 0.2) is 0 Å². The molecule has 1 unspecified atom stereocenters. The van der Waals surface area contributed by atoms with Crippen molar-refractivity contribution in [3.05, 3.63) is 40.9 Å². The molecule has 0 aliphatic heterocycles. The lowest BCUT2D eigenvalue weighted by Gasteiger charge is -2.28. The van der Waals surface area contributed by atoms with E-state index in [9.17, 15) is 4.79 Å². The lowest BCUT2D eigenvalue weighted by Crippen LogP contribution is -2.28. The number of rotatable bonds is 13. The predicted octanol–water partition coefficient (Wildman–Crippen LogP) is 6.57. The Bertz CT molecular complexity index is 495. The van der Waals surface area contributed by atoms with Crippen molar-refractivity contribution in [1.29, 1.82) is 0 Å². The number of carbonyl (C=O) groups is 1. The number of benzene rings is 1. The summed E-state index contributed by atoms with van der Waals surface area (Å²) in [6, 6.07) is 7.73. The molecule has 24 heavy (non-hydrogen) atoms. The first-order chi connectivity index (χ1) is 11.6. The number of carbonyl (C=O) groups excluding carboxylic acids is 1. The first-order valence-electron chi connectivity index (χ1n) is 9.06. The van der Waals surface area contributed by atoms with Gasteiger partial charge in [0.1, 0.15) is 12.0 Å². The molecule has 0 aliphatic carbocycles. The van der Waals surface area contributed by atoms with Crippen molar-refractivity contribution >= 4 is 22.2 Å². The number of unbranched alkanes of at least 4 members (excludes halogenated alkanes) is 7. The quantitative estimate of drug-likeness (QED) is 0.279. The van der Waals surface area contributed by atoms with Crippen LogP contribution in [0.2, 0.25) is 0 Å². The van der Waals surface area contributed by atoms with Gasteiger partial charge in [-0.3, -0.25) is 0 Å². The molecule has 3 heteroatoms. The van der Waals surface area contributed by atoms with Crippen LogP contribution in [0.1, 0.15) is 70.3 Å². The second kappa shape index (κ2) is 11.5. The summed E-state index contributed by atoms with van der Waals surface area (Å²) in [5.74, 6) is 0.797. The van der Waals surface area contributed by atoms with Gasteiger partial charge < -0.3 is 9.53 Å². The van der Waals surface area contributed by atoms with E-state index >= 15 is 0 Å². The van der Waals surface area contributed by atoms with Gasteiger partial charge in [0.05, 0.1) is 12.5 Å². The molecule has 2 nitrogen and oxygen atoms in total. The molecule has 0 aromatic heterocycles. The van der Waals surface area contributed by atoms with Crippen LogP contribution < -0.4 is 4.74 Å². The van der Waals surface area contributed by atoms with Crippen LogP contribution in [-0.2, 0) is 10.2 Å². The molecule has 0 amide bonds. The second-order valence-electron chi connectivity index (χ2n) is 6.45. The number of aldehydes is 1. The van der Waals surface area contributed by atoms with E-state index < -0.39 is 5.41 Å². The van der Waals surface area contributed by atoms with Gasteiger partial charge in [0, 0.05) is 4.48 Å². The van der Waals surface area contributed by atoms with Crippen molar-refractivity contribution in [3.63, 3.8) is 0 Å². The SMILES string of the molecule is C=C(Br)C(C=O)(CCCCCCCCCC)c1ccc(OC)cc1. The summed E-state index contributed by atoms with van der Waals surface area (Å²) in [5, 5.41) is 0. The molecule has 0 saturated carbocycles. The first-order valence-corrected chi connectivity index (χ1v) is 9.85. The van der Waals surface area contributed by atoms with E-state index in [1.807, 2.05) is 24.3 Å². The molecular formula is C21H31BrO2. The molecule has 0 fully saturated rings. The van der Waals surface area contributed by atoms with Crippen LogP contribution in [0, 0.1) is 0 Å². The molecule has 1 aromatic carbocycles. The number of ether oxygens (including phenoxy) is 1. The Labute approximate surface area is 155 Å². The van der Waals surface area contributed by atoms with Gasteiger partial charge in [-0.2, -0.15) is 0 Å². The molecule has 0 bridgehead atoms. The zero-order valence-corrected chi connectivity index (χ0v) is 16.7. The van der Waals surface area contributed by atoms with Crippen molar-refractivity contribution in [2.45, 2.75) is 70.1 Å². The number of hydrogen-bond acceptors (Lipinski definition) is 2. The lowest BCUT2D eigenvalue weighted by molar-refractivity contribution is -0.111. The summed E-state index contributed by atoms with van der Waals surface area (Å²) in [6.45, 7) is 6.26. The molecular weight excluding hydrogens is 364 g/mol. The van der Waals surface area contributed by atoms with Gasteiger partial charge in [-0.25, -0.2) is 0 Å². The van der Waals surface area contributed by atoms with Gasteiger partial charge in [-0.05, 0) is 24.1 Å². The molecule has 1 aromatic rings. The highest BCUT2D eigenvalue weighted by atomic mass is 79.9. The van der Waals surface area contributed by atoms with Gasteiger partial charge in [0.25, 0.3) is 0 Å². The van der Waals surface area contributed by atoms with E-state index in [1.165, 1.54) is 38.5 Å². The Hall–Kier alpha value is -1.09. The largest absolute Gasteiger partial charge is 0.497 e. The van der Waals surface area contributed by atoms with Crippen LogP contribution in [0.15, 0.2) is 35.3 Å². The van der Waals surface area contributed by atoms with Crippen LogP contribution in [0.4, 0.5) is 0 Å². The summed E-state index contributed by atoms with van der Waals surface area (Å²) < 4.78 is 5.94.